The van der Waals surface area contributed by atoms with Crippen molar-refractivity contribution in [3.8, 4) is 6.07 Å². The van der Waals surface area contributed by atoms with Crippen molar-refractivity contribution in [1.82, 2.24) is 4.98 Å². The van der Waals surface area contributed by atoms with Gasteiger partial charge in [0.25, 0.3) is 0 Å². The second kappa shape index (κ2) is 4.62. The summed E-state index contributed by atoms with van der Waals surface area (Å²) in [6.07, 6.45) is 0. The third-order valence-corrected chi connectivity index (χ3v) is 2.30. The number of aliphatic hydroxyl groups excluding tert-OH is 1. The summed E-state index contributed by atoms with van der Waals surface area (Å²) in [6.45, 7) is 1.90. The lowest BCUT2D eigenvalue weighted by molar-refractivity contribution is 0.270. The highest BCUT2D eigenvalue weighted by Gasteiger charge is 2.11. The van der Waals surface area contributed by atoms with Crippen molar-refractivity contribution in [3.05, 3.63) is 17.8 Å². The number of nitrogens with zero attached hydrogens (tertiary/aromatic N) is 3. The molecule has 0 aliphatic carbocycles. The van der Waals surface area contributed by atoms with Gasteiger partial charge in [-0.25, -0.2) is 4.98 Å². The first-order chi connectivity index (χ1) is 7.10. The number of aliphatic hydroxyl groups is 1. The van der Waals surface area contributed by atoms with Crippen LogP contribution in [0.15, 0.2) is 12.1 Å². The Morgan fingerprint density at radius 3 is 2.87 bits per heavy atom. The van der Waals surface area contributed by atoms with Gasteiger partial charge < -0.3 is 15.7 Å². The van der Waals surface area contributed by atoms with Gasteiger partial charge in [0.15, 0.2) is 5.69 Å². The van der Waals surface area contributed by atoms with Gasteiger partial charge in [-0.3, -0.25) is 0 Å². The smallest absolute Gasteiger partial charge is 0.165 e. The molecule has 0 bridgehead atoms. The standard InChI is InChI=1S/C10H14N4O/c1-7(6-15)14(2)10-4-3-8(12)9(5-11)13-10/h3-4,7,15H,6,12H2,1-2H3. The maximum atomic E-state index is 8.99. The molecule has 80 valence electrons. The largest absolute Gasteiger partial charge is 0.396 e. The van der Waals surface area contributed by atoms with Crippen molar-refractivity contribution in [1.29, 1.82) is 5.26 Å². The molecule has 0 fully saturated rings. The first kappa shape index (κ1) is 11.3. The van der Waals surface area contributed by atoms with E-state index in [4.69, 9.17) is 16.1 Å². The van der Waals surface area contributed by atoms with Crippen LogP contribution in [0.1, 0.15) is 12.6 Å². The Balaban J connectivity index is 3.02. The number of likely N-dealkylation sites (N-methyl/N-ethyl adjacent to an activating group) is 1. The Hall–Kier alpha value is -1.80. The molecule has 3 N–H and O–H groups in total. The molecule has 0 aliphatic rings. The number of hydrogen-bond acceptors (Lipinski definition) is 5. The molecule has 1 rings (SSSR count). The molecular weight excluding hydrogens is 192 g/mol. The highest BCUT2D eigenvalue weighted by molar-refractivity contribution is 5.55. The Labute approximate surface area is 88.8 Å². The van der Waals surface area contributed by atoms with Crippen molar-refractivity contribution in [2.45, 2.75) is 13.0 Å². The third kappa shape index (κ3) is 2.36. The summed E-state index contributed by atoms with van der Waals surface area (Å²) in [5.74, 6) is 0.627. The van der Waals surface area contributed by atoms with Crippen LogP contribution in [0.25, 0.3) is 0 Å². The van der Waals surface area contributed by atoms with Crippen LogP contribution in [0.2, 0.25) is 0 Å². The number of hydrogen-bond donors (Lipinski definition) is 2. The lowest BCUT2D eigenvalue weighted by Crippen LogP contribution is -2.32. The molecule has 5 nitrogen and oxygen atoms in total. The quantitative estimate of drug-likeness (QED) is 0.745. The van der Waals surface area contributed by atoms with E-state index in [9.17, 15) is 0 Å². The van der Waals surface area contributed by atoms with Gasteiger partial charge in [-0.15, -0.1) is 0 Å². The molecular formula is C10H14N4O. The minimum Gasteiger partial charge on any atom is -0.396 e. The van der Waals surface area contributed by atoms with Gasteiger partial charge >= 0.3 is 0 Å². The topological polar surface area (TPSA) is 86.2 Å². The summed E-state index contributed by atoms with van der Waals surface area (Å²) in [5.41, 5.74) is 6.14. The Kier molecular flexibility index (Phi) is 3.47. The van der Waals surface area contributed by atoms with E-state index in [1.165, 1.54) is 0 Å². The maximum Gasteiger partial charge on any atom is 0.165 e. The molecule has 1 aromatic heterocycles. The van der Waals surface area contributed by atoms with Gasteiger partial charge in [0.2, 0.25) is 0 Å². The van der Waals surface area contributed by atoms with Crippen LogP contribution in [-0.2, 0) is 0 Å². The molecule has 0 saturated carbocycles. The van der Waals surface area contributed by atoms with Crippen LogP contribution >= 0.6 is 0 Å². The summed E-state index contributed by atoms with van der Waals surface area (Å²) in [4.78, 5) is 5.88. The second-order valence-electron chi connectivity index (χ2n) is 3.36. The van der Waals surface area contributed by atoms with E-state index in [0.717, 1.165) is 0 Å². The zero-order valence-electron chi connectivity index (χ0n) is 8.81. The van der Waals surface area contributed by atoms with Crippen molar-refractivity contribution >= 4 is 11.5 Å². The van der Waals surface area contributed by atoms with Crippen LogP contribution in [0.3, 0.4) is 0 Å². The van der Waals surface area contributed by atoms with Crippen LogP contribution < -0.4 is 10.6 Å². The number of nitrogen functional groups attached to an aromatic ring is 1. The van der Waals surface area contributed by atoms with Crippen LogP contribution in [0.4, 0.5) is 11.5 Å². The highest BCUT2D eigenvalue weighted by atomic mass is 16.3. The fourth-order valence-corrected chi connectivity index (χ4v) is 1.09. The first-order valence-corrected chi connectivity index (χ1v) is 4.60. The van der Waals surface area contributed by atoms with Crippen LogP contribution in [0, 0.1) is 11.3 Å². The van der Waals surface area contributed by atoms with E-state index in [0.29, 0.717) is 11.5 Å². The van der Waals surface area contributed by atoms with Gasteiger partial charge in [0.05, 0.1) is 18.3 Å². The Bertz CT molecular complexity index is 385. The van der Waals surface area contributed by atoms with Crippen molar-refractivity contribution < 1.29 is 5.11 Å². The number of rotatable bonds is 3. The van der Waals surface area contributed by atoms with Crippen molar-refractivity contribution in [2.75, 3.05) is 24.3 Å². The van der Waals surface area contributed by atoms with E-state index in [-0.39, 0.29) is 18.3 Å². The molecule has 15 heavy (non-hydrogen) atoms. The van der Waals surface area contributed by atoms with Crippen molar-refractivity contribution in [3.63, 3.8) is 0 Å². The van der Waals surface area contributed by atoms with E-state index in [2.05, 4.69) is 4.98 Å². The molecule has 0 spiro atoms. The van der Waals surface area contributed by atoms with E-state index < -0.39 is 0 Å². The molecule has 0 amide bonds. The second-order valence-corrected chi connectivity index (χ2v) is 3.36. The predicted molar refractivity (Wildman–Crippen MR) is 58.3 cm³/mol. The number of pyridine rings is 1. The summed E-state index contributed by atoms with van der Waals surface area (Å²) in [6, 6.07) is 5.24. The number of nitriles is 1. The van der Waals surface area contributed by atoms with Gasteiger partial charge in [-0.05, 0) is 19.1 Å². The molecule has 1 heterocycles. The van der Waals surface area contributed by atoms with Gasteiger partial charge in [0, 0.05) is 7.05 Å². The minimum atomic E-state index is -0.0485. The van der Waals surface area contributed by atoms with Gasteiger partial charge in [-0.2, -0.15) is 5.26 Å². The molecule has 1 atom stereocenters. The molecule has 0 aromatic carbocycles. The summed E-state index contributed by atoms with van der Waals surface area (Å²) in [7, 11) is 1.81. The Morgan fingerprint density at radius 2 is 2.33 bits per heavy atom. The highest BCUT2D eigenvalue weighted by Crippen LogP contribution is 2.16. The lowest BCUT2D eigenvalue weighted by Gasteiger charge is -2.24. The summed E-state index contributed by atoms with van der Waals surface area (Å²) < 4.78 is 0. The molecule has 1 unspecified atom stereocenters. The zero-order chi connectivity index (χ0) is 11.4. The SMILES string of the molecule is CC(CO)N(C)c1ccc(N)c(C#N)n1. The maximum absolute atomic E-state index is 8.99. The molecule has 5 heteroatoms. The average molecular weight is 206 g/mol. The molecule has 0 saturated heterocycles. The number of aromatic nitrogens is 1. The van der Waals surface area contributed by atoms with Gasteiger partial charge in [-0.1, -0.05) is 0 Å². The summed E-state index contributed by atoms with van der Waals surface area (Å²) in [5, 5.41) is 17.7. The van der Waals surface area contributed by atoms with Crippen LogP contribution in [0.5, 0.6) is 0 Å². The number of nitrogens with two attached hydrogens (primary N) is 1. The normalized spacial score (nSPS) is 11.9. The first-order valence-electron chi connectivity index (χ1n) is 4.60. The minimum absolute atomic E-state index is 0.0322. The van der Waals surface area contributed by atoms with E-state index in [1.54, 1.807) is 24.1 Å². The lowest BCUT2D eigenvalue weighted by atomic mass is 10.2. The molecule has 0 aliphatic heterocycles. The van der Waals surface area contributed by atoms with Crippen LogP contribution in [-0.4, -0.2) is 29.8 Å². The zero-order valence-corrected chi connectivity index (χ0v) is 8.81. The average Bonchev–Trinajstić information content (AvgIpc) is 2.27. The van der Waals surface area contributed by atoms with Gasteiger partial charge in [0.1, 0.15) is 11.9 Å². The third-order valence-electron chi connectivity index (χ3n) is 2.30. The Morgan fingerprint density at radius 1 is 1.67 bits per heavy atom. The fraction of sp³-hybridized carbons (Fsp3) is 0.400. The predicted octanol–water partition coefficient (Wildman–Crippen LogP) is 0.352. The molecule has 0 radical (unpaired) electrons. The van der Waals surface area contributed by atoms with E-state index >= 15 is 0 Å². The fourth-order valence-electron chi connectivity index (χ4n) is 1.09. The monoisotopic (exact) mass is 206 g/mol. The van der Waals surface area contributed by atoms with Crippen molar-refractivity contribution in [2.24, 2.45) is 0 Å². The number of anilines is 2. The van der Waals surface area contributed by atoms with E-state index in [1.807, 2.05) is 13.0 Å². The summed E-state index contributed by atoms with van der Waals surface area (Å²) >= 11 is 0. The molecule has 1 aromatic rings.